The third-order valence-electron chi connectivity index (χ3n) is 5.20. The van der Waals surface area contributed by atoms with E-state index in [4.69, 9.17) is 4.74 Å². The van der Waals surface area contributed by atoms with Crippen LogP contribution in [0.4, 0.5) is 14.5 Å². The van der Waals surface area contributed by atoms with Crippen molar-refractivity contribution >= 4 is 11.6 Å². The number of hydrogen-bond donors (Lipinski definition) is 0. The van der Waals surface area contributed by atoms with E-state index in [2.05, 4.69) is 4.90 Å². The number of halogens is 2. The Bertz CT molecular complexity index is 923. The van der Waals surface area contributed by atoms with Crippen LogP contribution in [0.5, 0.6) is 5.75 Å². The first-order chi connectivity index (χ1) is 14.2. The van der Waals surface area contributed by atoms with E-state index in [1.165, 1.54) is 12.1 Å². The molecule has 1 amide bonds. The number of ether oxygens (including phenoxy) is 1. The molecule has 1 fully saturated rings. The molecule has 0 saturated carbocycles. The first kappa shape index (κ1) is 21.6. The third kappa shape index (κ3) is 5.10. The van der Waals surface area contributed by atoms with Gasteiger partial charge >= 0.3 is 5.69 Å². The second kappa shape index (κ2) is 9.17. The molecule has 0 radical (unpaired) electrons. The number of amides is 1. The number of carbonyl (C=O) groups excluding carboxylic acids is 1. The molecule has 1 aliphatic rings. The van der Waals surface area contributed by atoms with E-state index in [0.717, 1.165) is 23.8 Å². The average molecular weight is 419 g/mol. The lowest BCUT2D eigenvalue weighted by molar-refractivity contribution is -0.385. The minimum absolute atomic E-state index is 0.0544. The number of nitro benzene ring substituents is 1. The molecule has 0 N–H and O–H groups in total. The van der Waals surface area contributed by atoms with Gasteiger partial charge in [-0.15, -0.1) is 0 Å². The van der Waals surface area contributed by atoms with Crippen LogP contribution < -0.4 is 4.74 Å². The zero-order valence-corrected chi connectivity index (χ0v) is 16.8. The maximum Gasteiger partial charge on any atom is 0.311 e. The number of nitrogens with zero attached hydrogens (tertiary/aromatic N) is 3. The molecule has 9 heteroatoms. The molecule has 2 aromatic rings. The highest BCUT2D eigenvalue weighted by atomic mass is 19.1. The number of carbonyl (C=O) groups is 1. The van der Waals surface area contributed by atoms with Gasteiger partial charge in [0, 0.05) is 43.9 Å². The van der Waals surface area contributed by atoms with Gasteiger partial charge in [-0.3, -0.25) is 19.8 Å². The molecule has 0 aliphatic carbocycles. The summed E-state index contributed by atoms with van der Waals surface area (Å²) < 4.78 is 31.8. The van der Waals surface area contributed by atoms with Crippen LogP contribution in [0.15, 0.2) is 42.5 Å². The smallest absolute Gasteiger partial charge is 0.311 e. The average Bonchev–Trinajstić information content (AvgIpc) is 2.70. The molecule has 0 bridgehead atoms. The van der Waals surface area contributed by atoms with Crippen molar-refractivity contribution in [2.75, 3.05) is 19.7 Å². The number of hydrogen-bond acceptors (Lipinski definition) is 5. The number of nitro groups is 1. The van der Waals surface area contributed by atoms with Crippen LogP contribution in [0.25, 0.3) is 0 Å². The van der Waals surface area contributed by atoms with Crippen LogP contribution >= 0.6 is 0 Å². The highest BCUT2D eigenvalue weighted by Crippen LogP contribution is 2.27. The maximum atomic E-state index is 13.4. The van der Waals surface area contributed by atoms with Gasteiger partial charge in [-0.2, -0.15) is 0 Å². The summed E-state index contributed by atoms with van der Waals surface area (Å²) in [5, 5.41) is 11.1. The Kier molecular flexibility index (Phi) is 6.61. The fourth-order valence-corrected chi connectivity index (χ4v) is 3.57. The lowest BCUT2D eigenvalue weighted by atomic mass is 10.1. The van der Waals surface area contributed by atoms with Crippen molar-refractivity contribution in [3.8, 4) is 5.75 Å². The van der Waals surface area contributed by atoms with Crippen molar-refractivity contribution in [1.29, 1.82) is 0 Å². The highest BCUT2D eigenvalue weighted by Gasteiger charge is 2.32. The highest BCUT2D eigenvalue weighted by molar-refractivity contribution is 5.78. The summed E-state index contributed by atoms with van der Waals surface area (Å²) in [6.45, 7) is 5.19. The zero-order chi connectivity index (χ0) is 21.8. The van der Waals surface area contributed by atoms with Gasteiger partial charge in [-0.25, -0.2) is 8.78 Å². The van der Waals surface area contributed by atoms with Gasteiger partial charge in [0.1, 0.15) is 11.6 Å². The summed E-state index contributed by atoms with van der Waals surface area (Å²) in [5.41, 5.74) is 0.590. The number of benzene rings is 2. The molecule has 0 spiro atoms. The van der Waals surface area contributed by atoms with Gasteiger partial charge < -0.3 is 9.64 Å². The summed E-state index contributed by atoms with van der Waals surface area (Å²) in [6.07, 6.45) is 0. The van der Waals surface area contributed by atoms with Gasteiger partial charge in [-0.1, -0.05) is 12.1 Å². The third-order valence-corrected chi connectivity index (χ3v) is 5.20. The SMILES string of the molecule is C[C@@H]1CN(Cc2ccc(F)cc2)[C@@H](C)CN1C(=O)COc1cc(F)ccc1[N+](=O)[O-]. The van der Waals surface area contributed by atoms with Crippen molar-refractivity contribution in [3.63, 3.8) is 0 Å². The standard InChI is InChI=1S/C21H23F2N3O4/c1-14-11-25(15(2)10-24(14)12-16-3-5-17(22)6-4-16)21(27)13-30-20-9-18(23)7-8-19(20)26(28)29/h3-9,14-15H,10-13H2,1-2H3/t14-,15+/m0/s1. The van der Waals surface area contributed by atoms with E-state index < -0.39 is 23.0 Å². The van der Waals surface area contributed by atoms with Crippen LogP contribution in [0.3, 0.4) is 0 Å². The van der Waals surface area contributed by atoms with Gasteiger partial charge in [0.15, 0.2) is 6.61 Å². The van der Waals surface area contributed by atoms with Crippen molar-refractivity contribution in [3.05, 3.63) is 69.8 Å². The second-order valence-electron chi connectivity index (χ2n) is 7.46. The van der Waals surface area contributed by atoms with Crippen molar-refractivity contribution < 1.29 is 23.2 Å². The van der Waals surface area contributed by atoms with E-state index in [1.807, 2.05) is 13.8 Å². The normalized spacial score (nSPS) is 19.5. The fourth-order valence-electron chi connectivity index (χ4n) is 3.57. The molecule has 0 aromatic heterocycles. The van der Waals surface area contributed by atoms with E-state index in [9.17, 15) is 23.7 Å². The molecular weight excluding hydrogens is 396 g/mol. The van der Waals surface area contributed by atoms with Crippen LogP contribution in [0.2, 0.25) is 0 Å². The summed E-state index contributed by atoms with van der Waals surface area (Å²) in [6, 6.07) is 9.15. The number of rotatable bonds is 6. The molecule has 1 heterocycles. The molecule has 30 heavy (non-hydrogen) atoms. The molecule has 160 valence electrons. The van der Waals surface area contributed by atoms with Crippen molar-refractivity contribution in [2.45, 2.75) is 32.5 Å². The van der Waals surface area contributed by atoms with Gasteiger partial charge in [0.2, 0.25) is 5.75 Å². The van der Waals surface area contributed by atoms with Gasteiger partial charge in [0.25, 0.3) is 5.91 Å². The predicted octanol–water partition coefficient (Wildman–Crippen LogP) is 3.37. The second-order valence-corrected chi connectivity index (χ2v) is 7.46. The van der Waals surface area contributed by atoms with Crippen LogP contribution in [0.1, 0.15) is 19.4 Å². The fraction of sp³-hybridized carbons (Fsp3) is 0.381. The summed E-state index contributed by atoms with van der Waals surface area (Å²) >= 11 is 0. The molecule has 2 aromatic carbocycles. The number of piperazine rings is 1. The van der Waals surface area contributed by atoms with Gasteiger partial charge in [-0.05, 0) is 37.6 Å². The molecule has 1 aliphatic heterocycles. The lowest BCUT2D eigenvalue weighted by Gasteiger charge is -2.44. The Morgan fingerprint density at radius 2 is 1.77 bits per heavy atom. The lowest BCUT2D eigenvalue weighted by Crippen LogP contribution is -2.58. The molecule has 3 rings (SSSR count). The molecular formula is C21H23F2N3O4. The van der Waals surface area contributed by atoms with E-state index in [-0.39, 0.29) is 29.6 Å². The Labute approximate surface area is 173 Å². The zero-order valence-electron chi connectivity index (χ0n) is 16.8. The Hall–Kier alpha value is -3.07. The quantitative estimate of drug-likeness (QED) is 0.530. The Morgan fingerprint density at radius 1 is 1.10 bits per heavy atom. The largest absolute Gasteiger partial charge is 0.477 e. The van der Waals surface area contributed by atoms with Crippen molar-refractivity contribution in [2.24, 2.45) is 0 Å². The van der Waals surface area contributed by atoms with Crippen LogP contribution in [-0.4, -0.2) is 52.4 Å². The van der Waals surface area contributed by atoms with Crippen molar-refractivity contribution in [1.82, 2.24) is 9.80 Å². The predicted molar refractivity (Wildman–Crippen MR) is 106 cm³/mol. The minimum atomic E-state index is -0.682. The molecule has 0 unspecified atom stereocenters. The van der Waals surface area contributed by atoms with Crippen LogP contribution in [-0.2, 0) is 11.3 Å². The summed E-state index contributed by atoms with van der Waals surface area (Å²) in [5.74, 6) is -1.56. The van der Waals surface area contributed by atoms with Crippen LogP contribution in [0, 0.1) is 21.7 Å². The van der Waals surface area contributed by atoms with E-state index in [1.54, 1.807) is 17.0 Å². The molecule has 1 saturated heterocycles. The first-order valence-electron chi connectivity index (χ1n) is 9.59. The molecule has 7 nitrogen and oxygen atoms in total. The topological polar surface area (TPSA) is 75.9 Å². The van der Waals surface area contributed by atoms with Gasteiger partial charge in [0.05, 0.1) is 4.92 Å². The first-order valence-corrected chi connectivity index (χ1v) is 9.59. The maximum absolute atomic E-state index is 13.4. The van der Waals surface area contributed by atoms with E-state index in [0.29, 0.717) is 19.6 Å². The Morgan fingerprint density at radius 3 is 2.43 bits per heavy atom. The summed E-state index contributed by atoms with van der Waals surface area (Å²) in [4.78, 5) is 26.9. The monoisotopic (exact) mass is 419 g/mol. The minimum Gasteiger partial charge on any atom is -0.477 e. The Balaban J connectivity index is 1.61. The van der Waals surface area contributed by atoms with E-state index >= 15 is 0 Å². The summed E-state index contributed by atoms with van der Waals surface area (Å²) in [7, 11) is 0. The molecule has 2 atom stereocenters.